The van der Waals surface area contributed by atoms with Gasteiger partial charge in [-0.05, 0) is 30.5 Å². The summed E-state index contributed by atoms with van der Waals surface area (Å²) in [6.07, 6.45) is 0.270. The Balaban J connectivity index is 2.75. The van der Waals surface area contributed by atoms with Crippen molar-refractivity contribution in [2.75, 3.05) is 13.7 Å². The molecule has 1 aromatic carbocycles. The van der Waals surface area contributed by atoms with Crippen LogP contribution >= 0.6 is 0 Å². The number of benzene rings is 1. The third kappa shape index (κ3) is 2.82. The summed E-state index contributed by atoms with van der Waals surface area (Å²) < 4.78 is 4.91. The summed E-state index contributed by atoms with van der Waals surface area (Å²) in [4.78, 5) is 0. The van der Waals surface area contributed by atoms with Crippen LogP contribution in [0, 0.1) is 13.8 Å². The zero-order valence-corrected chi connectivity index (χ0v) is 9.08. The van der Waals surface area contributed by atoms with Crippen LogP contribution in [0.25, 0.3) is 0 Å². The normalized spacial score (nSPS) is 12.9. The molecule has 1 N–H and O–H groups in total. The zero-order valence-electron chi connectivity index (χ0n) is 9.08. The predicted molar refractivity (Wildman–Crippen MR) is 57.5 cm³/mol. The Morgan fingerprint density at radius 3 is 2.36 bits per heavy atom. The van der Waals surface area contributed by atoms with Crippen molar-refractivity contribution in [2.24, 2.45) is 0 Å². The summed E-state index contributed by atoms with van der Waals surface area (Å²) >= 11 is 0. The minimum atomic E-state index is -0.403. The van der Waals surface area contributed by atoms with Crippen molar-refractivity contribution in [1.82, 2.24) is 0 Å². The molecule has 1 rings (SSSR count). The number of aliphatic hydroxyl groups excluding tert-OH is 1. The van der Waals surface area contributed by atoms with E-state index in [1.807, 2.05) is 6.07 Å². The Kier molecular flexibility index (Phi) is 4.11. The molecule has 0 spiro atoms. The van der Waals surface area contributed by atoms with Crippen LogP contribution in [0.5, 0.6) is 0 Å². The van der Waals surface area contributed by atoms with Crippen LogP contribution in [-0.2, 0) is 11.2 Å². The molecule has 1 atom stereocenters. The van der Waals surface area contributed by atoms with E-state index in [1.165, 1.54) is 16.7 Å². The van der Waals surface area contributed by atoms with Gasteiger partial charge in [-0.3, -0.25) is 0 Å². The van der Waals surface area contributed by atoms with Crippen molar-refractivity contribution in [3.8, 4) is 0 Å². The number of rotatable bonds is 4. The molecule has 1 aromatic rings. The third-order valence-corrected chi connectivity index (χ3v) is 2.44. The summed E-state index contributed by atoms with van der Waals surface area (Å²) in [5.74, 6) is 0. The van der Waals surface area contributed by atoms with Gasteiger partial charge in [-0.1, -0.05) is 18.2 Å². The topological polar surface area (TPSA) is 29.5 Å². The first-order valence-electron chi connectivity index (χ1n) is 4.87. The quantitative estimate of drug-likeness (QED) is 0.792. The lowest BCUT2D eigenvalue weighted by Crippen LogP contribution is -2.18. The number of ether oxygens (including phenoxy) is 1. The Bertz CT molecular complexity index is 274. The fourth-order valence-corrected chi connectivity index (χ4v) is 1.66. The van der Waals surface area contributed by atoms with E-state index in [9.17, 15) is 5.11 Å². The fraction of sp³-hybridized carbons (Fsp3) is 0.500. The maximum absolute atomic E-state index is 9.63. The van der Waals surface area contributed by atoms with Crippen molar-refractivity contribution >= 4 is 0 Å². The lowest BCUT2D eigenvalue weighted by molar-refractivity contribution is 0.0648. The molecule has 14 heavy (non-hydrogen) atoms. The fourth-order valence-electron chi connectivity index (χ4n) is 1.66. The molecule has 2 nitrogen and oxygen atoms in total. The van der Waals surface area contributed by atoms with Gasteiger partial charge in [-0.15, -0.1) is 0 Å². The van der Waals surface area contributed by atoms with E-state index >= 15 is 0 Å². The summed E-state index contributed by atoms with van der Waals surface area (Å²) in [6.45, 7) is 4.54. The van der Waals surface area contributed by atoms with Crippen LogP contribution in [-0.4, -0.2) is 24.9 Å². The number of aliphatic hydroxyl groups is 1. The molecule has 0 saturated carbocycles. The van der Waals surface area contributed by atoms with Crippen LogP contribution in [0.2, 0.25) is 0 Å². The van der Waals surface area contributed by atoms with Crippen molar-refractivity contribution in [3.63, 3.8) is 0 Å². The highest BCUT2D eigenvalue weighted by Crippen LogP contribution is 2.15. The first-order valence-corrected chi connectivity index (χ1v) is 4.87. The largest absolute Gasteiger partial charge is 0.390 e. The molecule has 2 heteroatoms. The summed E-state index contributed by atoms with van der Waals surface area (Å²) in [5, 5.41) is 9.63. The molecule has 1 unspecified atom stereocenters. The maximum atomic E-state index is 9.63. The Hall–Kier alpha value is -0.860. The van der Waals surface area contributed by atoms with E-state index in [4.69, 9.17) is 4.74 Å². The van der Waals surface area contributed by atoms with Crippen LogP contribution in [0.4, 0.5) is 0 Å². The second-order valence-corrected chi connectivity index (χ2v) is 3.68. The van der Waals surface area contributed by atoms with Crippen LogP contribution in [0.1, 0.15) is 16.7 Å². The van der Waals surface area contributed by atoms with Gasteiger partial charge in [0.25, 0.3) is 0 Å². The molecule has 0 aliphatic rings. The van der Waals surface area contributed by atoms with Crippen LogP contribution in [0.15, 0.2) is 18.2 Å². The zero-order chi connectivity index (χ0) is 10.6. The van der Waals surface area contributed by atoms with Gasteiger partial charge in [0.15, 0.2) is 0 Å². The average molecular weight is 194 g/mol. The Labute approximate surface area is 85.5 Å². The first-order chi connectivity index (χ1) is 6.65. The third-order valence-electron chi connectivity index (χ3n) is 2.44. The van der Waals surface area contributed by atoms with Gasteiger partial charge in [-0.2, -0.15) is 0 Å². The molecular formula is C12H18O2. The highest BCUT2D eigenvalue weighted by Gasteiger charge is 2.08. The van der Waals surface area contributed by atoms with Crippen molar-refractivity contribution < 1.29 is 9.84 Å². The first kappa shape index (κ1) is 11.2. The molecule has 0 aliphatic heterocycles. The van der Waals surface area contributed by atoms with Gasteiger partial charge >= 0.3 is 0 Å². The standard InChI is InChI=1S/C12H18O2/c1-9-5-4-6-10(2)12(9)7-11(13)8-14-3/h4-6,11,13H,7-8H2,1-3H3. The molecule has 0 aromatic heterocycles. The van der Waals surface area contributed by atoms with Gasteiger partial charge in [-0.25, -0.2) is 0 Å². The number of aryl methyl sites for hydroxylation is 2. The minimum Gasteiger partial charge on any atom is -0.390 e. The lowest BCUT2D eigenvalue weighted by atomic mass is 9.98. The molecule has 78 valence electrons. The van der Waals surface area contributed by atoms with Crippen LogP contribution in [0.3, 0.4) is 0 Å². The molecule has 0 saturated heterocycles. The molecule has 0 amide bonds. The van der Waals surface area contributed by atoms with Crippen molar-refractivity contribution in [2.45, 2.75) is 26.4 Å². The SMILES string of the molecule is COCC(O)Cc1c(C)cccc1C. The molecule has 0 heterocycles. The smallest absolute Gasteiger partial charge is 0.0813 e. The van der Waals surface area contributed by atoms with Gasteiger partial charge in [0.2, 0.25) is 0 Å². The molecular weight excluding hydrogens is 176 g/mol. The summed E-state index contributed by atoms with van der Waals surface area (Å²) in [5.41, 5.74) is 3.71. The molecule has 0 bridgehead atoms. The Morgan fingerprint density at radius 1 is 1.29 bits per heavy atom. The van der Waals surface area contributed by atoms with Gasteiger partial charge in [0.1, 0.15) is 0 Å². The predicted octanol–water partition coefficient (Wildman–Crippen LogP) is 1.85. The molecule has 0 aliphatic carbocycles. The summed E-state index contributed by atoms with van der Waals surface area (Å²) in [6, 6.07) is 6.18. The second kappa shape index (κ2) is 5.13. The average Bonchev–Trinajstić information content (AvgIpc) is 2.12. The van der Waals surface area contributed by atoms with Crippen molar-refractivity contribution in [3.05, 3.63) is 34.9 Å². The van der Waals surface area contributed by atoms with Gasteiger partial charge < -0.3 is 9.84 Å². The van der Waals surface area contributed by atoms with Gasteiger partial charge in [0.05, 0.1) is 12.7 Å². The number of hydrogen-bond donors (Lipinski definition) is 1. The maximum Gasteiger partial charge on any atom is 0.0813 e. The highest BCUT2D eigenvalue weighted by molar-refractivity contribution is 5.33. The summed E-state index contributed by atoms with van der Waals surface area (Å²) in [7, 11) is 1.61. The highest BCUT2D eigenvalue weighted by atomic mass is 16.5. The number of methoxy groups -OCH3 is 1. The van der Waals surface area contributed by atoms with Crippen LogP contribution < -0.4 is 0 Å². The van der Waals surface area contributed by atoms with E-state index in [0.29, 0.717) is 13.0 Å². The van der Waals surface area contributed by atoms with Gasteiger partial charge in [0, 0.05) is 13.5 Å². The second-order valence-electron chi connectivity index (χ2n) is 3.68. The van der Waals surface area contributed by atoms with E-state index in [2.05, 4.69) is 26.0 Å². The monoisotopic (exact) mass is 194 g/mol. The van der Waals surface area contributed by atoms with E-state index in [1.54, 1.807) is 7.11 Å². The van der Waals surface area contributed by atoms with E-state index in [-0.39, 0.29) is 0 Å². The Morgan fingerprint density at radius 2 is 1.86 bits per heavy atom. The molecule has 0 radical (unpaired) electrons. The van der Waals surface area contributed by atoms with E-state index < -0.39 is 6.10 Å². The number of hydrogen-bond acceptors (Lipinski definition) is 2. The van der Waals surface area contributed by atoms with Crippen molar-refractivity contribution in [1.29, 1.82) is 0 Å². The lowest BCUT2D eigenvalue weighted by Gasteiger charge is -2.13. The van der Waals surface area contributed by atoms with E-state index in [0.717, 1.165) is 0 Å². The minimum absolute atomic E-state index is 0.397. The molecule has 0 fully saturated rings.